The first-order chi connectivity index (χ1) is 7.86. The number of aldehydes is 1. The molecular formula is C15H22O2. The minimum atomic E-state index is -0.332. The molecule has 0 saturated heterocycles. The van der Waals surface area contributed by atoms with Crippen LogP contribution in [0.25, 0.3) is 0 Å². The summed E-state index contributed by atoms with van der Waals surface area (Å²) < 4.78 is 0. The maximum atomic E-state index is 10.3. The summed E-state index contributed by atoms with van der Waals surface area (Å²) in [7, 11) is 0. The van der Waals surface area contributed by atoms with E-state index in [9.17, 15) is 9.90 Å². The first kappa shape index (κ1) is 13.9. The van der Waals surface area contributed by atoms with Crippen molar-refractivity contribution in [2.24, 2.45) is 11.3 Å². The van der Waals surface area contributed by atoms with Gasteiger partial charge >= 0.3 is 0 Å². The molecule has 1 aliphatic rings. The van der Waals surface area contributed by atoms with Gasteiger partial charge in [-0.1, -0.05) is 37.6 Å². The number of rotatable bonds is 3. The average Bonchev–Trinajstić information content (AvgIpc) is 2.14. The van der Waals surface area contributed by atoms with Crippen LogP contribution in [0.2, 0.25) is 0 Å². The third-order valence-electron chi connectivity index (χ3n) is 3.41. The Morgan fingerprint density at radius 2 is 2.18 bits per heavy atom. The first-order valence-corrected chi connectivity index (χ1v) is 6.03. The molecule has 2 heteroatoms. The van der Waals surface area contributed by atoms with Crippen LogP contribution in [0.15, 0.2) is 35.5 Å². The van der Waals surface area contributed by atoms with E-state index in [-0.39, 0.29) is 11.5 Å². The summed E-state index contributed by atoms with van der Waals surface area (Å²) in [6, 6.07) is 0. The van der Waals surface area contributed by atoms with Crippen molar-refractivity contribution in [1.29, 1.82) is 0 Å². The quantitative estimate of drug-likeness (QED) is 0.353. The van der Waals surface area contributed by atoms with Gasteiger partial charge in [0.05, 0.1) is 6.10 Å². The molecule has 0 spiro atoms. The fourth-order valence-electron chi connectivity index (χ4n) is 2.57. The Balaban J connectivity index is 2.92. The van der Waals surface area contributed by atoms with Gasteiger partial charge in [0.15, 0.2) is 0 Å². The van der Waals surface area contributed by atoms with Gasteiger partial charge in [-0.2, -0.15) is 0 Å². The van der Waals surface area contributed by atoms with Crippen molar-refractivity contribution in [3.63, 3.8) is 0 Å². The Kier molecular flexibility index (Phi) is 4.47. The molecule has 0 aromatic rings. The molecule has 0 saturated carbocycles. The van der Waals surface area contributed by atoms with Crippen molar-refractivity contribution in [2.75, 3.05) is 0 Å². The number of hydrogen-bond acceptors (Lipinski definition) is 2. The summed E-state index contributed by atoms with van der Waals surface area (Å²) in [5.74, 6) is 0.320. The fourth-order valence-corrected chi connectivity index (χ4v) is 2.57. The lowest BCUT2D eigenvalue weighted by atomic mass is 9.67. The standard InChI is InChI=1S/C15H22O2/c1-11(7-8-16)5-6-14-12(2)9-13(17)10-15(14,3)4/h5-9,13-14,17H,10H2,1-4H3/b6-5+,11-7+/t13-,14+/m0/s1. The topological polar surface area (TPSA) is 37.3 Å². The van der Waals surface area contributed by atoms with E-state index in [0.717, 1.165) is 18.3 Å². The highest BCUT2D eigenvalue weighted by Crippen LogP contribution is 2.41. The lowest BCUT2D eigenvalue weighted by molar-refractivity contribution is -0.104. The molecule has 1 rings (SSSR count). The molecule has 17 heavy (non-hydrogen) atoms. The van der Waals surface area contributed by atoms with Crippen LogP contribution < -0.4 is 0 Å². The van der Waals surface area contributed by atoms with E-state index in [2.05, 4.69) is 26.8 Å². The maximum Gasteiger partial charge on any atom is 0.143 e. The Bertz CT molecular complexity index is 372. The number of carbonyl (C=O) groups is 1. The SMILES string of the molecule is CC1=C[C@H](O)CC(C)(C)[C@@H]1/C=C/C(C)=C/C=O. The zero-order chi connectivity index (χ0) is 13.1. The smallest absolute Gasteiger partial charge is 0.143 e. The van der Waals surface area contributed by atoms with Gasteiger partial charge in [-0.25, -0.2) is 0 Å². The van der Waals surface area contributed by atoms with E-state index in [0.29, 0.717) is 5.92 Å². The van der Waals surface area contributed by atoms with E-state index in [1.807, 2.05) is 19.1 Å². The van der Waals surface area contributed by atoms with Crippen LogP contribution in [-0.2, 0) is 4.79 Å². The van der Waals surface area contributed by atoms with Crippen LogP contribution in [0, 0.1) is 11.3 Å². The number of aliphatic hydroxyl groups is 1. The van der Waals surface area contributed by atoms with Crippen LogP contribution in [0.1, 0.15) is 34.1 Å². The second-order valence-corrected chi connectivity index (χ2v) is 5.55. The van der Waals surface area contributed by atoms with Crippen LogP contribution in [0.5, 0.6) is 0 Å². The monoisotopic (exact) mass is 234 g/mol. The Morgan fingerprint density at radius 1 is 1.53 bits per heavy atom. The van der Waals surface area contributed by atoms with Crippen molar-refractivity contribution in [3.8, 4) is 0 Å². The van der Waals surface area contributed by atoms with Crippen LogP contribution in [0.3, 0.4) is 0 Å². The zero-order valence-electron chi connectivity index (χ0n) is 11.1. The minimum absolute atomic E-state index is 0.0518. The van der Waals surface area contributed by atoms with Gasteiger partial charge in [0, 0.05) is 5.92 Å². The summed E-state index contributed by atoms with van der Waals surface area (Å²) >= 11 is 0. The predicted molar refractivity (Wildman–Crippen MR) is 70.6 cm³/mol. The molecule has 0 heterocycles. The highest BCUT2D eigenvalue weighted by molar-refractivity contribution is 5.66. The Labute approximate surface area is 104 Å². The van der Waals surface area contributed by atoms with Crippen molar-refractivity contribution < 1.29 is 9.90 Å². The second-order valence-electron chi connectivity index (χ2n) is 5.55. The summed E-state index contributed by atoms with van der Waals surface area (Å²) in [5, 5.41) is 9.74. The van der Waals surface area contributed by atoms with E-state index >= 15 is 0 Å². The molecule has 0 aliphatic heterocycles. The van der Waals surface area contributed by atoms with Crippen molar-refractivity contribution >= 4 is 6.29 Å². The molecule has 0 aromatic carbocycles. The largest absolute Gasteiger partial charge is 0.389 e. The molecule has 1 N–H and O–H groups in total. The maximum absolute atomic E-state index is 10.3. The zero-order valence-corrected chi connectivity index (χ0v) is 11.1. The molecule has 0 radical (unpaired) electrons. The molecule has 1 aliphatic carbocycles. The summed E-state index contributed by atoms with van der Waals surface area (Å²) in [6.45, 7) is 8.30. The fraction of sp³-hybridized carbons (Fsp3) is 0.533. The lowest BCUT2D eigenvalue weighted by Crippen LogP contribution is -2.32. The van der Waals surface area contributed by atoms with Gasteiger partial charge in [-0.05, 0) is 37.3 Å². The van der Waals surface area contributed by atoms with E-state index in [1.54, 1.807) is 6.08 Å². The second kappa shape index (κ2) is 5.46. The van der Waals surface area contributed by atoms with Gasteiger partial charge in [-0.15, -0.1) is 0 Å². The molecule has 2 nitrogen and oxygen atoms in total. The van der Waals surface area contributed by atoms with Crippen molar-refractivity contribution in [3.05, 3.63) is 35.5 Å². The predicted octanol–water partition coefficient (Wildman–Crippen LogP) is 3.04. The molecule has 0 aromatic heterocycles. The van der Waals surface area contributed by atoms with Crippen LogP contribution in [-0.4, -0.2) is 17.5 Å². The third-order valence-corrected chi connectivity index (χ3v) is 3.41. The summed E-state index contributed by atoms with van der Waals surface area (Å²) in [4.78, 5) is 10.3. The Morgan fingerprint density at radius 3 is 2.71 bits per heavy atom. The molecule has 2 atom stereocenters. The van der Waals surface area contributed by atoms with E-state index < -0.39 is 0 Å². The normalized spacial score (nSPS) is 29.2. The molecule has 94 valence electrons. The molecule has 0 unspecified atom stereocenters. The van der Waals surface area contributed by atoms with E-state index in [1.165, 1.54) is 5.57 Å². The number of aliphatic hydroxyl groups excluding tert-OH is 1. The van der Waals surface area contributed by atoms with Gasteiger partial charge in [-0.3, -0.25) is 4.79 Å². The minimum Gasteiger partial charge on any atom is -0.389 e. The van der Waals surface area contributed by atoms with Gasteiger partial charge in [0.25, 0.3) is 0 Å². The molecule has 0 amide bonds. The van der Waals surface area contributed by atoms with Crippen LogP contribution >= 0.6 is 0 Å². The molecule has 0 bridgehead atoms. The number of hydrogen-bond donors (Lipinski definition) is 1. The van der Waals surface area contributed by atoms with Crippen LogP contribution in [0.4, 0.5) is 0 Å². The molecule has 0 fully saturated rings. The summed E-state index contributed by atoms with van der Waals surface area (Å²) in [6.07, 6.45) is 8.84. The lowest BCUT2D eigenvalue weighted by Gasteiger charge is -2.38. The highest BCUT2D eigenvalue weighted by Gasteiger charge is 2.34. The van der Waals surface area contributed by atoms with Crippen molar-refractivity contribution in [1.82, 2.24) is 0 Å². The van der Waals surface area contributed by atoms with Gasteiger partial charge < -0.3 is 5.11 Å². The van der Waals surface area contributed by atoms with Gasteiger partial charge in [0.1, 0.15) is 6.29 Å². The van der Waals surface area contributed by atoms with E-state index in [4.69, 9.17) is 0 Å². The third kappa shape index (κ3) is 3.67. The van der Waals surface area contributed by atoms with Crippen molar-refractivity contribution in [2.45, 2.75) is 40.2 Å². The Hall–Kier alpha value is -1.15. The average molecular weight is 234 g/mol. The number of carbonyl (C=O) groups excluding carboxylic acids is 1. The highest BCUT2D eigenvalue weighted by atomic mass is 16.3. The van der Waals surface area contributed by atoms with Gasteiger partial charge in [0.2, 0.25) is 0 Å². The molecular weight excluding hydrogens is 212 g/mol. The first-order valence-electron chi connectivity index (χ1n) is 6.03. The number of allylic oxidation sites excluding steroid dienone is 5. The summed E-state index contributed by atoms with van der Waals surface area (Å²) in [5.41, 5.74) is 2.20.